The molecule has 140 valence electrons. The number of hydrogen-bond donors (Lipinski definition) is 1. The largest absolute Gasteiger partial charge is 0.366 e. The van der Waals surface area contributed by atoms with Crippen LogP contribution in [0.25, 0.3) is 10.9 Å². The lowest BCUT2D eigenvalue weighted by Gasteiger charge is -2.35. The van der Waals surface area contributed by atoms with Crippen molar-refractivity contribution in [2.24, 2.45) is 5.73 Å². The second-order valence-electron chi connectivity index (χ2n) is 7.03. The van der Waals surface area contributed by atoms with Gasteiger partial charge in [-0.2, -0.15) is 0 Å². The van der Waals surface area contributed by atoms with Crippen molar-refractivity contribution in [3.05, 3.63) is 59.9 Å². The number of fused-ring (bicyclic) bond motifs is 1. The molecule has 0 bridgehead atoms. The highest BCUT2D eigenvalue weighted by atomic mass is 16.1. The monoisotopic (exact) mass is 363 g/mol. The number of aromatic nitrogens is 2. The second-order valence-corrected chi connectivity index (χ2v) is 7.03. The van der Waals surface area contributed by atoms with Crippen molar-refractivity contribution >= 4 is 22.6 Å². The number of hydrogen-bond acceptors (Lipinski definition) is 4. The van der Waals surface area contributed by atoms with E-state index in [2.05, 4.69) is 56.7 Å². The SMILES string of the molecule is CCn1ccc2ccc(CN3CCN(c4ccc(C(N)=O)cn4)CC3)cc21. The van der Waals surface area contributed by atoms with E-state index in [1.807, 2.05) is 6.07 Å². The van der Waals surface area contributed by atoms with E-state index in [-0.39, 0.29) is 0 Å². The molecule has 1 aliphatic heterocycles. The van der Waals surface area contributed by atoms with Crippen LogP contribution < -0.4 is 10.6 Å². The van der Waals surface area contributed by atoms with Gasteiger partial charge in [0.05, 0.1) is 5.56 Å². The zero-order chi connectivity index (χ0) is 18.8. The summed E-state index contributed by atoms with van der Waals surface area (Å²) in [7, 11) is 0. The van der Waals surface area contributed by atoms with Gasteiger partial charge in [0, 0.05) is 57.2 Å². The van der Waals surface area contributed by atoms with Gasteiger partial charge in [0.15, 0.2) is 0 Å². The van der Waals surface area contributed by atoms with Crippen molar-refractivity contribution in [1.29, 1.82) is 0 Å². The lowest BCUT2D eigenvalue weighted by atomic mass is 10.1. The third kappa shape index (κ3) is 3.66. The van der Waals surface area contributed by atoms with E-state index in [0.29, 0.717) is 5.56 Å². The van der Waals surface area contributed by atoms with Gasteiger partial charge in [-0.25, -0.2) is 4.98 Å². The summed E-state index contributed by atoms with van der Waals surface area (Å²) in [5, 5.41) is 1.30. The van der Waals surface area contributed by atoms with Crippen LogP contribution in [0.3, 0.4) is 0 Å². The minimum atomic E-state index is -0.440. The predicted molar refractivity (Wildman–Crippen MR) is 108 cm³/mol. The highest BCUT2D eigenvalue weighted by Gasteiger charge is 2.18. The predicted octanol–water partition coefficient (Wildman–Crippen LogP) is 2.48. The van der Waals surface area contributed by atoms with E-state index in [1.165, 1.54) is 16.5 Å². The minimum Gasteiger partial charge on any atom is -0.366 e. The number of nitrogens with zero attached hydrogens (tertiary/aromatic N) is 4. The number of rotatable bonds is 5. The first-order valence-corrected chi connectivity index (χ1v) is 9.45. The third-order valence-corrected chi connectivity index (χ3v) is 5.31. The standard InChI is InChI=1S/C21H25N5O/c1-2-25-8-7-17-4-3-16(13-19(17)25)15-24-9-11-26(12-10-24)20-6-5-18(14-23-20)21(22)27/h3-8,13-14H,2,9-12,15H2,1H3,(H2,22,27). The second kappa shape index (κ2) is 7.40. The number of carbonyl (C=O) groups is 1. The molecule has 1 aromatic carbocycles. The number of pyridine rings is 1. The first-order valence-electron chi connectivity index (χ1n) is 9.45. The fourth-order valence-electron chi connectivity index (χ4n) is 3.72. The van der Waals surface area contributed by atoms with Crippen LogP contribution >= 0.6 is 0 Å². The number of benzene rings is 1. The molecule has 0 radical (unpaired) electrons. The van der Waals surface area contributed by atoms with E-state index in [4.69, 9.17) is 5.73 Å². The van der Waals surface area contributed by atoms with Crippen LogP contribution in [0.2, 0.25) is 0 Å². The molecule has 6 nitrogen and oxygen atoms in total. The summed E-state index contributed by atoms with van der Waals surface area (Å²) >= 11 is 0. The molecule has 0 atom stereocenters. The Hall–Kier alpha value is -2.86. The first kappa shape index (κ1) is 17.5. The molecule has 1 amide bonds. The Morgan fingerprint density at radius 1 is 1.11 bits per heavy atom. The average Bonchev–Trinajstić information content (AvgIpc) is 3.11. The molecule has 27 heavy (non-hydrogen) atoms. The fraction of sp³-hybridized carbons (Fsp3) is 0.333. The van der Waals surface area contributed by atoms with Crippen molar-refractivity contribution < 1.29 is 4.79 Å². The van der Waals surface area contributed by atoms with Crippen molar-refractivity contribution in [2.75, 3.05) is 31.1 Å². The first-order chi connectivity index (χ1) is 13.1. The number of carbonyl (C=O) groups excluding carboxylic acids is 1. The molecule has 0 saturated carbocycles. The molecule has 6 heteroatoms. The summed E-state index contributed by atoms with van der Waals surface area (Å²) in [5.41, 5.74) is 8.39. The molecule has 1 aliphatic rings. The Morgan fingerprint density at radius 3 is 2.59 bits per heavy atom. The van der Waals surface area contributed by atoms with E-state index in [1.54, 1.807) is 12.3 Å². The van der Waals surface area contributed by atoms with E-state index in [9.17, 15) is 4.79 Å². The molecule has 1 saturated heterocycles. The number of piperazine rings is 1. The number of primary amides is 1. The molecular weight excluding hydrogens is 338 g/mol. The maximum absolute atomic E-state index is 11.2. The maximum atomic E-state index is 11.2. The van der Waals surface area contributed by atoms with Crippen LogP contribution in [0.15, 0.2) is 48.8 Å². The lowest BCUT2D eigenvalue weighted by Crippen LogP contribution is -2.46. The number of anilines is 1. The van der Waals surface area contributed by atoms with Crippen LogP contribution in [-0.2, 0) is 13.1 Å². The van der Waals surface area contributed by atoms with Gasteiger partial charge in [0.1, 0.15) is 5.82 Å². The Kier molecular flexibility index (Phi) is 4.81. The average molecular weight is 363 g/mol. The van der Waals surface area contributed by atoms with Crippen LogP contribution in [0, 0.1) is 0 Å². The topological polar surface area (TPSA) is 67.4 Å². The number of amides is 1. The quantitative estimate of drug-likeness (QED) is 0.756. The molecule has 3 aromatic rings. The molecule has 1 fully saturated rings. The van der Waals surface area contributed by atoms with Crippen LogP contribution in [0.1, 0.15) is 22.8 Å². The van der Waals surface area contributed by atoms with E-state index < -0.39 is 5.91 Å². The van der Waals surface area contributed by atoms with Crippen LogP contribution in [0.5, 0.6) is 0 Å². The summed E-state index contributed by atoms with van der Waals surface area (Å²) in [4.78, 5) is 20.3. The fourth-order valence-corrected chi connectivity index (χ4v) is 3.72. The Bertz CT molecular complexity index is 939. The Labute approximate surface area is 159 Å². The highest BCUT2D eigenvalue weighted by molar-refractivity contribution is 5.92. The molecule has 0 aliphatic carbocycles. The van der Waals surface area contributed by atoms with Gasteiger partial charge in [0.2, 0.25) is 5.91 Å². The van der Waals surface area contributed by atoms with Crippen molar-refractivity contribution in [3.8, 4) is 0 Å². The summed E-state index contributed by atoms with van der Waals surface area (Å²) in [6.07, 6.45) is 3.71. The minimum absolute atomic E-state index is 0.440. The molecular formula is C21H25N5O. The van der Waals surface area contributed by atoms with Crippen LogP contribution in [0.4, 0.5) is 5.82 Å². The van der Waals surface area contributed by atoms with Gasteiger partial charge >= 0.3 is 0 Å². The Morgan fingerprint density at radius 2 is 1.93 bits per heavy atom. The highest BCUT2D eigenvalue weighted by Crippen LogP contribution is 2.20. The zero-order valence-electron chi connectivity index (χ0n) is 15.6. The summed E-state index contributed by atoms with van der Waals surface area (Å²) in [6.45, 7) is 7.97. The van der Waals surface area contributed by atoms with Crippen molar-refractivity contribution in [3.63, 3.8) is 0 Å². The maximum Gasteiger partial charge on any atom is 0.250 e. The number of aryl methyl sites for hydroxylation is 1. The third-order valence-electron chi connectivity index (χ3n) is 5.31. The van der Waals surface area contributed by atoms with E-state index >= 15 is 0 Å². The molecule has 0 spiro atoms. The zero-order valence-corrected chi connectivity index (χ0v) is 15.6. The molecule has 2 aromatic heterocycles. The summed E-state index contributed by atoms with van der Waals surface area (Å²) in [5.74, 6) is 0.465. The van der Waals surface area contributed by atoms with Crippen molar-refractivity contribution in [1.82, 2.24) is 14.5 Å². The number of nitrogens with two attached hydrogens (primary N) is 1. The normalized spacial score (nSPS) is 15.4. The van der Waals surface area contributed by atoms with E-state index in [0.717, 1.165) is 45.1 Å². The van der Waals surface area contributed by atoms with Crippen molar-refractivity contribution in [2.45, 2.75) is 20.0 Å². The molecule has 2 N–H and O–H groups in total. The van der Waals surface area contributed by atoms with Gasteiger partial charge < -0.3 is 15.2 Å². The molecule has 0 unspecified atom stereocenters. The lowest BCUT2D eigenvalue weighted by molar-refractivity contribution is 0.1000. The van der Waals surface area contributed by atoms with Gasteiger partial charge in [0.25, 0.3) is 0 Å². The molecule has 4 rings (SSSR count). The van der Waals surface area contributed by atoms with Gasteiger partial charge in [-0.05, 0) is 42.1 Å². The smallest absolute Gasteiger partial charge is 0.250 e. The summed E-state index contributed by atoms with van der Waals surface area (Å²) in [6, 6.07) is 12.6. The molecule has 3 heterocycles. The Balaban J connectivity index is 1.38. The summed E-state index contributed by atoms with van der Waals surface area (Å²) < 4.78 is 2.29. The van der Waals surface area contributed by atoms with Gasteiger partial charge in [-0.3, -0.25) is 9.69 Å². The van der Waals surface area contributed by atoms with Crippen LogP contribution in [-0.4, -0.2) is 46.5 Å². The van der Waals surface area contributed by atoms with Gasteiger partial charge in [-0.15, -0.1) is 0 Å². The van der Waals surface area contributed by atoms with Gasteiger partial charge in [-0.1, -0.05) is 12.1 Å².